The molecule has 1 aliphatic carbocycles. The fourth-order valence-corrected chi connectivity index (χ4v) is 3.41. The molecule has 3 nitrogen and oxygen atoms in total. The van der Waals surface area contributed by atoms with Crippen molar-refractivity contribution in [1.29, 1.82) is 0 Å². The van der Waals surface area contributed by atoms with Crippen molar-refractivity contribution < 1.29 is 9.18 Å². The van der Waals surface area contributed by atoms with Crippen molar-refractivity contribution >= 4 is 5.91 Å². The van der Waals surface area contributed by atoms with Crippen LogP contribution in [0.25, 0.3) is 0 Å². The highest BCUT2D eigenvalue weighted by molar-refractivity contribution is 5.79. The summed E-state index contributed by atoms with van der Waals surface area (Å²) in [5.41, 5.74) is 0.689. The van der Waals surface area contributed by atoms with Gasteiger partial charge in [-0.25, -0.2) is 4.39 Å². The van der Waals surface area contributed by atoms with E-state index in [-0.39, 0.29) is 23.7 Å². The van der Waals surface area contributed by atoms with Crippen LogP contribution in [0.5, 0.6) is 0 Å². The van der Waals surface area contributed by atoms with Crippen molar-refractivity contribution in [2.75, 3.05) is 19.6 Å². The SMILES string of the molecule is O=C(NC[C@@H](c1ccccc1F)N1CCCC1)C1CC=CC1. The monoisotopic (exact) mass is 302 g/mol. The van der Waals surface area contributed by atoms with Crippen LogP contribution in [0.2, 0.25) is 0 Å². The Bertz CT molecular complexity index is 544. The highest BCUT2D eigenvalue weighted by Crippen LogP contribution is 2.27. The predicted octanol–water partition coefficient (Wildman–Crippen LogP) is 3.05. The first-order valence-corrected chi connectivity index (χ1v) is 8.17. The topological polar surface area (TPSA) is 32.3 Å². The maximum Gasteiger partial charge on any atom is 0.223 e. The van der Waals surface area contributed by atoms with E-state index in [1.807, 2.05) is 12.1 Å². The second-order valence-electron chi connectivity index (χ2n) is 6.17. The van der Waals surface area contributed by atoms with Gasteiger partial charge in [-0.2, -0.15) is 0 Å². The molecule has 1 heterocycles. The number of carbonyl (C=O) groups excluding carboxylic acids is 1. The highest BCUT2D eigenvalue weighted by atomic mass is 19.1. The van der Waals surface area contributed by atoms with Crippen molar-refractivity contribution in [3.8, 4) is 0 Å². The molecule has 1 amide bonds. The predicted molar refractivity (Wildman–Crippen MR) is 84.8 cm³/mol. The fraction of sp³-hybridized carbons (Fsp3) is 0.500. The molecule has 0 aromatic heterocycles. The normalized spacial score (nSPS) is 20.4. The van der Waals surface area contributed by atoms with Crippen LogP contribution in [-0.2, 0) is 4.79 Å². The van der Waals surface area contributed by atoms with E-state index >= 15 is 0 Å². The molecule has 0 saturated carbocycles. The summed E-state index contributed by atoms with van der Waals surface area (Å²) in [5.74, 6) is -0.0402. The Balaban J connectivity index is 1.69. The molecule has 4 heteroatoms. The molecule has 1 aromatic rings. The Hall–Kier alpha value is -1.68. The van der Waals surface area contributed by atoms with E-state index in [9.17, 15) is 9.18 Å². The summed E-state index contributed by atoms with van der Waals surface area (Å²) in [7, 11) is 0. The van der Waals surface area contributed by atoms with Crippen molar-refractivity contribution in [2.45, 2.75) is 31.7 Å². The van der Waals surface area contributed by atoms with Gasteiger partial charge in [0.25, 0.3) is 0 Å². The molecular formula is C18H23FN2O. The Labute approximate surface area is 131 Å². The van der Waals surface area contributed by atoms with Crippen molar-refractivity contribution in [3.05, 3.63) is 47.8 Å². The van der Waals surface area contributed by atoms with Gasteiger partial charge >= 0.3 is 0 Å². The van der Waals surface area contributed by atoms with Gasteiger partial charge in [0, 0.05) is 18.0 Å². The van der Waals surface area contributed by atoms with Crippen molar-refractivity contribution in [3.63, 3.8) is 0 Å². The lowest BCUT2D eigenvalue weighted by Crippen LogP contribution is -2.39. The quantitative estimate of drug-likeness (QED) is 0.848. The summed E-state index contributed by atoms with van der Waals surface area (Å²) >= 11 is 0. The van der Waals surface area contributed by atoms with E-state index in [1.54, 1.807) is 6.07 Å². The molecule has 1 N–H and O–H groups in total. The third-order valence-electron chi connectivity index (χ3n) is 4.69. The van der Waals surface area contributed by atoms with Crippen LogP contribution < -0.4 is 5.32 Å². The zero-order chi connectivity index (χ0) is 15.4. The summed E-state index contributed by atoms with van der Waals surface area (Å²) in [6.07, 6.45) is 8.04. The van der Waals surface area contributed by atoms with Crippen molar-refractivity contribution in [1.82, 2.24) is 10.2 Å². The number of benzene rings is 1. The largest absolute Gasteiger partial charge is 0.354 e. The second-order valence-corrected chi connectivity index (χ2v) is 6.17. The standard InChI is InChI=1S/C18H23FN2O/c19-16-10-4-3-9-15(16)17(21-11-5-6-12-21)13-20-18(22)14-7-1-2-8-14/h1-4,9-10,14,17H,5-8,11-13H2,(H,20,22)/t17-/m0/s1. The summed E-state index contributed by atoms with van der Waals surface area (Å²) in [6, 6.07) is 6.84. The Kier molecular flexibility index (Phi) is 4.88. The summed E-state index contributed by atoms with van der Waals surface area (Å²) in [5, 5.41) is 3.04. The zero-order valence-corrected chi connectivity index (χ0v) is 12.8. The lowest BCUT2D eigenvalue weighted by Gasteiger charge is -2.29. The first kappa shape index (κ1) is 15.2. The summed E-state index contributed by atoms with van der Waals surface area (Å²) in [6.45, 7) is 2.43. The van der Waals surface area contributed by atoms with Crippen LogP contribution in [0.4, 0.5) is 4.39 Å². The molecule has 1 fully saturated rings. The smallest absolute Gasteiger partial charge is 0.223 e. The van der Waals surface area contributed by atoms with E-state index in [0.717, 1.165) is 38.8 Å². The van der Waals surface area contributed by atoms with Crippen LogP contribution in [0, 0.1) is 11.7 Å². The van der Waals surface area contributed by atoms with Gasteiger partial charge in [-0.3, -0.25) is 9.69 Å². The van der Waals surface area contributed by atoms with Crippen LogP contribution in [0.3, 0.4) is 0 Å². The average Bonchev–Trinajstić information content (AvgIpc) is 3.22. The molecule has 1 aromatic carbocycles. The van der Waals surface area contributed by atoms with E-state index in [1.165, 1.54) is 6.07 Å². The molecule has 0 radical (unpaired) electrons. The van der Waals surface area contributed by atoms with Crippen LogP contribution in [0.1, 0.15) is 37.3 Å². The molecule has 22 heavy (non-hydrogen) atoms. The summed E-state index contributed by atoms with van der Waals surface area (Å²) < 4.78 is 14.2. The van der Waals surface area contributed by atoms with Gasteiger partial charge in [0.05, 0.1) is 6.04 Å². The maximum absolute atomic E-state index is 14.2. The minimum atomic E-state index is -0.184. The van der Waals surface area contributed by atoms with E-state index in [0.29, 0.717) is 12.1 Å². The number of amides is 1. The number of allylic oxidation sites excluding steroid dienone is 2. The van der Waals surface area contributed by atoms with E-state index in [4.69, 9.17) is 0 Å². The fourth-order valence-electron chi connectivity index (χ4n) is 3.41. The van der Waals surface area contributed by atoms with Gasteiger partial charge in [-0.15, -0.1) is 0 Å². The minimum absolute atomic E-state index is 0.0554. The number of halogens is 1. The lowest BCUT2D eigenvalue weighted by atomic mass is 10.0. The maximum atomic E-state index is 14.2. The zero-order valence-electron chi connectivity index (χ0n) is 12.8. The minimum Gasteiger partial charge on any atom is -0.354 e. The molecule has 118 valence electrons. The average molecular weight is 302 g/mol. The number of hydrogen-bond acceptors (Lipinski definition) is 2. The van der Waals surface area contributed by atoms with Crippen LogP contribution in [0.15, 0.2) is 36.4 Å². The molecule has 0 bridgehead atoms. The number of carbonyl (C=O) groups is 1. The first-order chi connectivity index (χ1) is 10.8. The van der Waals surface area contributed by atoms with Gasteiger partial charge in [0.1, 0.15) is 5.82 Å². The number of hydrogen-bond donors (Lipinski definition) is 1. The number of likely N-dealkylation sites (tertiary alicyclic amines) is 1. The molecule has 0 spiro atoms. The molecule has 0 unspecified atom stereocenters. The van der Waals surface area contributed by atoms with Gasteiger partial charge in [-0.1, -0.05) is 30.4 Å². The first-order valence-electron chi connectivity index (χ1n) is 8.17. The third-order valence-corrected chi connectivity index (χ3v) is 4.69. The molecule has 1 saturated heterocycles. The van der Waals surface area contributed by atoms with Gasteiger partial charge in [0.15, 0.2) is 0 Å². The van der Waals surface area contributed by atoms with Crippen molar-refractivity contribution in [2.24, 2.45) is 5.92 Å². The number of rotatable bonds is 5. The van der Waals surface area contributed by atoms with E-state index in [2.05, 4.69) is 22.4 Å². The Morgan fingerprint density at radius 3 is 2.59 bits per heavy atom. The van der Waals surface area contributed by atoms with E-state index < -0.39 is 0 Å². The number of nitrogens with one attached hydrogen (secondary N) is 1. The Morgan fingerprint density at radius 2 is 1.91 bits per heavy atom. The highest BCUT2D eigenvalue weighted by Gasteiger charge is 2.27. The Morgan fingerprint density at radius 1 is 1.23 bits per heavy atom. The molecule has 2 aliphatic rings. The molecule has 1 aliphatic heterocycles. The third kappa shape index (κ3) is 3.38. The van der Waals surface area contributed by atoms with Gasteiger partial charge < -0.3 is 5.32 Å². The van der Waals surface area contributed by atoms with Crippen LogP contribution in [-0.4, -0.2) is 30.4 Å². The van der Waals surface area contributed by atoms with Crippen LogP contribution >= 0.6 is 0 Å². The number of nitrogens with zero attached hydrogens (tertiary/aromatic N) is 1. The molecular weight excluding hydrogens is 279 g/mol. The van der Waals surface area contributed by atoms with Gasteiger partial charge in [-0.05, 0) is 44.8 Å². The lowest BCUT2D eigenvalue weighted by molar-refractivity contribution is -0.124. The molecule has 1 atom stereocenters. The molecule has 3 rings (SSSR count). The second kappa shape index (κ2) is 7.05. The van der Waals surface area contributed by atoms with Gasteiger partial charge in [0.2, 0.25) is 5.91 Å². The summed E-state index contributed by atoms with van der Waals surface area (Å²) in [4.78, 5) is 14.5.